The Morgan fingerprint density at radius 3 is 1.95 bits per heavy atom. The van der Waals surface area contributed by atoms with Crippen LogP contribution in [0.15, 0.2) is 12.5 Å². The second kappa shape index (κ2) is 25.8. The smallest absolute Gasteiger partial charge is 0.326 e. The Kier molecular flexibility index (Phi) is 22.5. The van der Waals surface area contributed by atoms with E-state index in [4.69, 9.17) is 22.9 Å². The van der Waals surface area contributed by atoms with Gasteiger partial charge in [0.05, 0.1) is 18.9 Å². The molecule has 1 rings (SSSR count). The average Bonchev–Trinajstić information content (AvgIpc) is 3.66. The van der Waals surface area contributed by atoms with Crippen molar-refractivity contribution in [2.24, 2.45) is 28.9 Å². The van der Waals surface area contributed by atoms with Crippen molar-refractivity contribution >= 4 is 47.3 Å². The zero-order valence-corrected chi connectivity index (χ0v) is 31.9. The fraction of sp³-hybridized carbons (Fsp3) is 0.676. The summed E-state index contributed by atoms with van der Waals surface area (Å²) in [5, 5.41) is 24.6. The zero-order valence-electron chi connectivity index (χ0n) is 31.9. The van der Waals surface area contributed by atoms with Gasteiger partial charge in [-0.1, -0.05) is 26.7 Å². The highest BCUT2D eigenvalue weighted by molar-refractivity contribution is 5.96. The van der Waals surface area contributed by atoms with Gasteiger partial charge in [-0.2, -0.15) is 0 Å². The molecule has 21 heteroatoms. The molecule has 1 aromatic heterocycles. The number of nitrogens with zero attached hydrogens (tertiary/aromatic N) is 1. The van der Waals surface area contributed by atoms with E-state index in [0.29, 0.717) is 57.3 Å². The highest BCUT2D eigenvalue weighted by atomic mass is 16.4. The molecule has 0 saturated carbocycles. The van der Waals surface area contributed by atoms with Crippen LogP contribution in [0.4, 0.5) is 0 Å². The molecular formula is C34H60N12O9. The van der Waals surface area contributed by atoms with Crippen LogP contribution in [-0.4, -0.2) is 118 Å². The SMILES string of the molecule is CC[C@H](C)[C@H](NC(=O)[C@H](C)NC(=O)[C@@H](N)CCCCN)C(=O)NCC(=O)N[C@@H](CCC(N)=O)C(=O)N[C@@H](Cc1cnc[nH]1)C(=O)N[C@@H](CCCCN)C(=O)O. The summed E-state index contributed by atoms with van der Waals surface area (Å²) in [5.74, 6) is -6.94. The van der Waals surface area contributed by atoms with Gasteiger partial charge in [0.15, 0.2) is 0 Å². The third kappa shape index (κ3) is 18.6. The van der Waals surface area contributed by atoms with Crippen LogP contribution in [0.5, 0.6) is 0 Å². The van der Waals surface area contributed by atoms with Gasteiger partial charge in [0.2, 0.25) is 41.4 Å². The Morgan fingerprint density at radius 2 is 1.38 bits per heavy atom. The molecule has 310 valence electrons. The Morgan fingerprint density at radius 1 is 0.764 bits per heavy atom. The fourth-order valence-corrected chi connectivity index (χ4v) is 5.20. The van der Waals surface area contributed by atoms with Crippen LogP contribution in [0.3, 0.4) is 0 Å². The standard InChI is InChI=1S/C34H60N12O9/c1-4-19(2)28(46-29(49)20(3)42-30(50)22(37)9-5-7-13-35)33(53)40-17-27(48)43-23(11-12-26(38)47)31(51)45-25(15-21-16-39-18-41-21)32(52)44-24(34(54)55)10-6-8-14-36/h16,18-20,22-25,28H,4-15,17,35-37H2,1-3H3,(H2,38,47)(H,39,41)(H,40,53)(H,42,50)(H,43,48)(H,44,52)(H,45,51)(H,46,49)(H,54,55)/t19-,20-,22-,23-,24-,25-,28-/m0/s1. The summed E-state index contributed by atoms with van der Waals surface area (Å²) in [6.07, 6.45) is 5.24. The molecule has 55 heavy (non-hydrogen) atoms. The molecule has 0 unspecified atom stereocenters. The summed E-state index contributed by atoms with van der Waals surface area (Å²) < 4.78 is 0. The maximum atomic E-state index is 13.5. The number of carboxylic acids is 1. The van der Waals surface area contributed by atoms with Gasteiger partial charge in [0, 0.05) is 24.7 Å². The number of carbonyl (C=O) groups excluding carboxylic acids is 7. The molecule has 0 spiro atoms. The maximum Gasteiger partial charge on any atom is 0.326 e. The topological polar surface area (TPSA) is 362 Å². The lowest BCUT2D eigenvalue weighted by atomic mass is 9.98. The van der Waals surface area contributed by atoms with E-state index in [1.165, 1.54) is 19.4 Å². The number of aliphatic carboxylic acids is 1. The van der Waals surface area contributed by atoms with Gasteiger partial charge in [0.1, 0.15) is 30.2 Å². The number of nitrogens with one attached hydrogen (secondary N) is 7. The molecule has 1 aromatic rings. The molecule has 0 aliphatic heterocycles. The first kappa shape index (κ1) is 47.9. The predicted octanol–water partition coefficient (Wildman–Crippen LogP) is -3.51. The van der Waals surface area contributed by atoms with Crippen molar-refractivity contribution in [1.82, 2.24) is 41.9 Å². The highest BCUT2D eigenvalue weighted by Crippen LogP contribution is 2.10. The normalized spacial score (nSPS) is 14.8. The molecule has 21 nitrogen and oxygen atoms in total. The minimum atomic E-state index is -1.41. The Hall–Kier alpha value is -5.15. The van der Waals surface area contributed by atoms with Crippen LogP contribution in [0, 0.1) is 5.92 Å². The molecule has 0 aliphatic carbocycles. The third-order valence-corrected chi connectivity index (χ3v) is 8.78. The molecular weight excluding hydrogens is 720 g/mol. The minimum Gasteiger partial charge on any atom is -0.480 e. The molecule has 16 N–H and O–H groups in total. The van der Waals surface area contributed by atoms with Crippen molar-refractivity contribution < 1.29 is 43.5 Å². The molecule has 0 bridgehead atoms. The van der Waals surface area contributed by atoms with Crippen LogP contribution in [0.25, 0.3) is 0 Å². The summed E-state index contributed by atoms with van der Waals surface area (Å²) in [5.41, 5.74) is 22.6. The van der Waals surface area contributed by atoms with Crippen molar-refractivity contribution in [2.45, 2.75) is 121 Å². The Bertz CT molecular complexity index is 1410. The summed E-state index contributed by atoms with van der Waals surface area (Å²) >= 11 is 0. The van der Waals surface area contributed by atoms with Crippen molar-refractivity contribution in [3.8, 4) is 0 Å². The van der Waals surface area contributed by atoms with E-state index < -0.39 is 96.0 Å². The number of carbonyl (C=O) groups is 8. The maximum absolute atomic E-state index is 13.5. The summed E-state index contributed by atoms with van der Waals surface area (Å²) in [7, 11) is 0. The lowest BCUT2D eigenvalue weighted by molar-refractivity contribution is -0.142. The first-order valence-corrected chi connectivity index (χ1v) is 18.5. The van der Waals surface area contributed by atoms with Crippen LogP contribution < -0.4 is 54.8 Å². The monoisotopic (exact) mass is 780 g/mol. The van der Waals surface area contributed by atoms with Crippen LogP contribution in [-0.2, 0) is 44.8 Å². The van der Waals surface area contributed by atoms with Gasteiger partial charge >= 0.3 is 5.97 Å². The Labute approximate surface area is 320 Å². The van der Waals surface area contributed by atoms with Gasteiger partial charge < -0.3 is 64.9 Å². The highest BCUT2D eigenvalue weighted by Gasteiger charge is 2.32. The number of unbranched alkanes of at least 4 members (excludes halogenated alkanes) is 2. The van der Waals surface area contributed by atoms with Gasteiger partial charge in [-0.25, -0.2) is 9.78 Å². The Balaban J connectivity index is 3.02. The van der Waals surface area contributed by atoms with Gasteiger partial charge in [-0.15, -0.1) is 0 Å². The molecule has 0 aliphatic rings. The van der Waals surface area contributed by atoms with Crippen molar-refractivity contribution in [3.63, 3.8) is 0 Å². The molecule has 0 fully saturated rings. The number of primary amides is 1. The number of nitrogens with two attached hydrogens (primary N) is 4. The number of hydrogen-bond acceptors (Lipinski definition) is 12. The molecule has 1 heterocycles. The van der Waals surface area contributed by atoms with Crippen molar-refractivity contribution in [2.75, 3.05) is 19.6 Å². The number of amides is 7. The van der Waals surface area contributed by atoms with E-state index in [1.54, 1.807) is 13.8 Å². The number of carboxylic acid groups (broad SMARTS) is 1. The van der Waals surface area contributed by atoms with Crippen LogP contribution in [0.1, 0.15) is 84.3 Å². The third-order valence-electron chi connectivity index (χ3n) is 8.78. The molecule has 7 atom stereocenters. The van der Waals surface area contributed by atoms with E-state index in [-0.39, 0.29) is 25.7 Å². The van der Waals surface area contributed by atoms with Crippen LogP contribution >= 0.6 is 0 Å². The minimum absolute atomic E-state index is 0.0911. The van der Waals surface area contributed by atoms with E-state index >= 15 is 0 Å². The van der Waals surface area contributed by atoms with Gasteiger partial charge in [-0.3, -0.25) is 33.6 Å². The molecule has 0 aromatic carbocycles. The molecule has 0 saturated heterocycles. The second-order valence-electron chi connectivity index (χ2n) is 13.4. The van der Waals surface area contributed by atoms with E-state index in [1.807, 2.05) is 0 Å². The van der Waals surface area contributed by atoms with Gasteiger partial charge in [0.25, 0.3) is 0 Å². The first-order valence-electron chi connectivity index (χ1n) is 18.5. The fourth-order valence-electron chi connectivity index (χ4n) is 5.20. The number of aromatic amines is 1. The van der Waals surface area contributed by atoms with Crippen molar-refractivity contribution in [1.29, 1.82) is 0 Å². The largest absolute Gasteiger partial charge is 0.480 e. The quantitative estimate of drug-likeness (QED) is 0.0368. The van der Waals surface area contributed by atoms with Crippen molar-refractivity contribution in [3.05, 3.63) is 18.2 Å². The van der Waals surface area contributed by atoms with E-state index in [9.17, 15) is 43.5 Å². The van der Waals surface area contributed by atoms with Crippen LogP contribution in [0.2, 0.25) is 0 Å². The lowest BCUT2D eigenvalue weighted by Crippen LogP contribution is -2.58. The summed E-state index contributed by atoms with van der Waals surface area (Å²) in [4.78, 5) is 109. The first-order chi connectivity index (χ1) is 26.0. The molecule has 0 radical (unpaired) electrons. The van der Waals surface area contributed by atoms with E-state index in [0.717, 1.165) is 0 Å². The average molecular weight is 781 g/mol. The lowest BCUT2D eigenvalue weighted by Gasteiger charge is -2.26. The zero-order chi connectivity index (χ0) is 41.5. The second-order valence-corrected chi connectivity index (χ2v) is 13.4. The van der Waals surface area contributed by atoms with Gasteiger partial charge in [-0.05, 0) is 64.5 Å². The number of H-pyrrole nitrogens is 1. The number of imidazole rings is 1. The number of aromatic nitrogens is 2. The summed E-state index contributed by atoms with van der Waals surface area (Å²) in [6.45, 7) is 5.09. The van der Waals surface area contributed by atoms with E-state index in [2.05, 4.69) is 41.9 Å². The number of hydrogen-bond donors (Lipinski definition) is 12. The predicted molar refractivity (Wildman–Crippen MR) is 200 cm³/mol. The molecule has 7 amide bonds. The summed E-state index contributed by atoms with van der Waals surface area (Å²) in [6, 6.07) is -7.01. The number of rotatable bonds is 28.